The first-order valence-corrected chi connectivity index (χ1v) is 7.97. The molecule has 0 aromatic heterocycles. The van der Waals surface area contributed by atoms with Crippen LogP contribution in [-0.4, -0.2) is 29.4 Å². The molecule has 1 unspecified atom stereocenters. The van der Waals surface area contributed by atoms with Crippen molar-refractivity contribution in [1.29, 1.82) is 0 Å². The maximum Gasteiger partial charge on any atom is 0.241 e. The first-order chi connectivity index (χ1) is 10.0. The van der Waals surface area contributed by atoms with Crippen LogP contribution in [0.4, 0.5) is 11.4 Å². The molecule has 114 valence electrons. The second-order valence-electron chi connectivity index (χ2n) is 6.61. The van der Waals surface area contributed by atoms with E-state index in [-0.39, 0.29) is 11.9 Å². The fourth-order valence-electron chi connectivity index (χ4n) is 2.84. The lowest BCUT2D eigenvalue weighted by Gasteiger charge is -2.28. The molecule has 0 heterocycles. The van der Waals surface area contributed by atoms with Crippen molar-refractivity contribution >= 4 is 17.3 Å². The number of rotatable bonds is 6. The SMILES string of the molecule is Cc1cc(N)ccc1NC(=O)C(C)N(CC1CC1)C1CC1. The van der Waals surface area contributed by atoms with Crippen LogP contribution in [0.1, 0.15) is 38.2 Å². The van der Waals surface area contributed by atoms with Crippen LogP contribution in [0.5, 0.6) is 0 Å². The predicted molar refractivity (Wildman–Crippen MR) is 86.1 cm³/mol. The molecule has 2 saturated carbocycles. The molecule has 1 aromatic carbocycles. The van der Waals surface area contributed by atoms with E-state index in [0.29, 0.717) is 6.04 Å². The number of carbonyl (C=O) groups is 1. The highest BCUT2D eigenvalue weighted by Crippen LogP contribution is 2.36. The average Bonchev–Trinajstić information content (AvgIpc) is 3.31. The minimum absolute atomic E-state index is 0.0601. The third kappa shape index (κ3) is 3.56. The number of nitrogens with two attached hydrogens (primary N) is 1. The minimum Gasteiger partial charge on any atom is -0.399 e. The van der Waals surface area contributed by atoms with Gasteiger partial charge >= 0.3 is 0 Å². The molecular formula is C17H25N3O. The zero-order chi connectivity index (χ0) is 15.0. The summed E-state index contributed by atoms with van der Waals surface area (Å²) in [5.74, 6) is 0.912. The number of benzene rings is 1. The molecule has 3 N–H and O–H groups in total. The zero-order valence-corrected chi connectivity index (χ0v) is 12.9. The Labute approximate surface area is 126 Å². The Bertz CT molecular complexity index is 535. The summed E-state index contributed by atoms with van der Waals surface area (Å²) < 4.78 is 0. The number of nitrogens with one attached hydrogen (secondary N) is 1. The summed E-state index contributed by atoms with van der Waals surface area (Å²) in [7, 11) is 0. The van der Waals surface area contributed by atoms with Crippen LogP contribution in [0.25, 0.3) is 0 Å². The Morgan fingerprint density at radius 2 is 2.10 bits per heavy atom. The Balaban J connectivity index is 1.65. The Morgan fingerprint density at radius 3 is 2.67 bits per heavy atom. The Hall–Kier alpha value is -1.55. The van der Waals surface area contributed by atoms with Gasteiger partial charge in [0.1, 0.15) is 0 Å². The number of amides is 1. The molecular weight excluding hydrogens is 262 g/mol. The number of nitrogens with zero attached hydrogens (tertiary/aromatic N) is 1. The van der Waals surface area contributed by atoms with Gasteiger partial charge in [-0.2, -0.15) is 0 Å². The summed E-state index contributed by atoms with van der Waals surface area (Å²) >= 11 is 0. The number of hydrogen-bond donors (Lipinski definition) is 2. The van der Waals surface area contributed by atoms with Gasteiger partial charge in [0.2, 0.25) is 5.91 Å². The van der Waals surface area contributed by atoms with Gasteiger partial charge in [0.15, 0.2) is 0 Å². The van der Waals surface area contributed by atoms with Gasteiger partial charge in [-0.3, -0.25) is 9.69 Å². The normalized spacial score (nSPS) is 19.6. The second-order valence-corrected chi connectivity index (χ2v) is 6.61. The van der Waals surface area contributed by atoms with E-state index < -0.39 is 0 Å². The van der Waals surface area contributed by atoms with Crippen LogP contribution < -0.4 is 11.1 Å². The topological polar surface area (TPSA) is 58.4 Å². The highest BCUT2D eigenvalue weighted by molar-refractivity contribution is 5.95. The smallest absolute Gasteiger partial charge is 0.241 e. The lowest BCUT2D eigenvalue weighted by atomic mass is 10.1. The summed E-state index contributed by atoms with van der Waals surface area (Å²) in [4.78, 5) is 14.9. The highest BCUT2D eigenvalue weighted by atomic mass is 16.2. The molecule has 1 amide bonds. The van der Waals surface area contributed by atoms with Gasteiger partial charge < -0.3 is 11.1 Å². The third-order valence-electron chi connectivity index (χ3n) is 4.57. The molecule has 0 spiro atoms. The van der Waals surface area contributed by atoms with E-state index in [1.165, 1.54) is 25.7 Å². The van der Waals surface area contributed by atoms with Crippen molar-refractivity contribution in [3.05, 3.63) is 23.8 Å². The van der Waals surface area contributed by atoms with Crippen LogP contribution in [0.3, 0.4) is 0 Å². The molecule has 2 aliphatic carbocycles. The molecule has 2 aliphatic rings. The molecule has 4 nitrogen and oxygen atoms in total. The van der Waals surface area contributed by atoms with E-state index in [9.17, 15) is 4.79 Å². The van der Waals surface area contributed by atoms with Crippen LogP contribution in [0, 0.1) is 12.8 Å². The van der Waals surface area contributed by atoms with Crippen LogP contribution in [-0.2, 0) is 4.79 Å². The third-order valence-corrected chi connectivity index (χ3v) is 4.57. The maximum absolute atomic E-state index is 12.5. The molecule has 2 fully saturated rings. The van der Waals surface area contributed by atoms with E-state index >= 15 is 0 Å². The number of carbonyl (C=O) groups excluding carboxylic acids is 1. The van der Waals surface area contributed by atoms with E-state index in [2.05, 4.69) is 10.2 Å². The molecule has 0 saturated heterocycles. The first-order valence-electron chi connectivity index (χ1n) is 7.97. The van der Waals surface area contributed by atoms with Crippen molar-refractivity contribution in [2.24, 2.45) is 5.92 Å². The van der Waals surface area contributed by atoms with E-state index in [1.807, 2.05) is 32.0 Å². The van der Waals surface area contributed by atoms with E-state index in [1.54, 1.807) is 0 Å². The number of anilines is 2. The van der Waals surface area contributed by atoms with E-state index in [4.69, 9.17) is 5.73 Å². The molecule has 1 aromatic rings. The Morgan fingerprint density at radius 1 is 1.38 bits per heavy atom. The monoisotopic (exact) mass is 287 g/mol. The van der Waals surface area contributed by atoms with Crippen molar-refractivity contribution in [2.75, 3.05) is 17.6 Å². The first kappa shape index (κ1) is 14.4. The van der Waals surface area contributed by atoms with Crippen LogP contribution >= 0.6 is 0 Å². The van der Waals surface area contributed by atoms with Gasteiger partial charge in [0.05, 0.1) is 6.04 Å². The molecule has 4 heteroatoms. The molecule has 21 heavy (non-hydrogen) atoms. The lowest BCUT2D eigenvalue weighted by molar-refractivity contribution is -0.121. The number of hydrogen-bond acceptors (Lipinski definition) is 3. The van der Waals surface area contributed by atoms with Gasteiger partial charge in [-0.25, -0.2) is 0 Å². The summed E-state index contributed by atoms with van der Waals surface area (Å²) in [6.45, 7) is 5.09. The summed E-state index contributed by atoms with van der Waals surface area (Å²) in [6, 6.07) is 6.17. The largest absolute Gasteiger partial charge is 0.399 e. The van der Waals surface area contributed by atoms with Gasteiger partial charge in [-0.05, 0) is 69.2 Å². The summed E-state index contributed by atoms with van der Waals surface area (Å²) in [5, 5.41) is 3.06. The average molecular weight is 287 g/mol. The quantitative estimate of drug-likeness (QED) is 0.791. The minimum atomic E-state index is -0.0601. The standard InChI is InChI=1S/C17H25N3O/c1-11-9-14(18)5-8-16(11)19-17(21)12(2)20(15-6-7-15)10-13-3-4-13/h5,8-9,12-13,15H,3-4,6-7,10,18H2,1-2H3,(H,19,21). The molecule has 0 bridgehead atoms. The van der Waals surface area contributed by atoms with E-state index in [0.717, 1.165) is 29.4 Å². The van der Waals surface area contributed by atoms with Gasteiger partial charge in [0, 0.05) is 24.0 Å². The zero-order valence-electron chi connectivity index (χ0n) is 12.9. The van der Waals surface area contributed by atoms with Crippen molar-refractivity contribution in [3.63, 3.8) is 0 Å². The Kier molecular flexibility index (Phi) is 3.89. The summed E-state index contributed by atoms with van der Waals surface area (Å²) in [5.41, 5.74) is 8.36. The van der Waals surface area contributed by atoms with Gasteiger partial charge in [-0.1, -0.05) is 0 Å². The fourth-order valence-corrected chi connectivity index (χ4v) is 2.84. The molecule has 3 rings (SSSR count). The highest BCUT2D eigenvalue weighted by Gasteiger charge is 2.38. The maximum atomic E-state index is 12.5. The van der Waals surface area contributed by atoms with Crippen molar-refractivity contribution in [2.45, 2.75) is 51.6 Å². The number of nitrogen functional groups attached to an aromatic ring is 1. The molecule has 1 atom stereocenters. The van der Waals surface area contributed by atoms with Crippen molar-refractivity contribution < 1.29 is 4.79 Å². The van der Waals surface area contributed by atoms with Gasteiger partial charge in [0.25, 0.3) is 0 Å². The van der Waals surface area contributed by atoms with Crippen molar-refractivity contribution in [1.82, 2.24) is 4.90 Å². The van der Waals surface area contributed by atoms with Gasteiger partial charge in [-0.15, -0.1) is 0 Å². The van der Waals surface area contributed by atoms with Crippen LogP contribution in [0.2, 0.25) is 0 Å². The van der Waals surface area contributed by atoms with Crippen LogP contribution in [0.15, 0.2) is 18.2 Å². The fraction of sp³-hybridized carbons (Fsp3) is 0.588. The number of aryl methyl sites for hydroxylation is 1. The lowest BCUT2D eigenvalue weighted by Crippen LogP contribution is -2.44. The molecule has 0 radical (unpaired) electrons. The predicted octanol–water partition coefficient (Wildman–Crippen LogP) is 2.78. The second kappa shape index (κ2) is 5.68. The molecule has 0 aliphatic heterocycles. The van der Waals surface area contributed by atoms with Crippen molar-refractivity contribution in [3.8, 4) is 0 Å². The summed E-state index contributed by atoms with van der Waals surface area (Å²) in [6.07, 6.45) is 5.14.